The van der Waals surface area contributed by atoms with Crippen LogP contribution >= 0.6 is 0 Å². The first-order valence-electron chi connectivity index (χ1n) is 6.56. The van der Waals surface area contributed by atoms with Gasteiger partial charge in [0, 0.05) is 12.6 Å². The fraction of sp³-hybridized carbons (Fsp3) is 0.500. The zero-order valence-electron chi connectivity index (χ0n) is 10.9. The van der Waals surface area contributed by atoms with E-state index in [9.17, 15) is 4.79 Å². The first kappa shape index (κ1) is 14.4. The third-order valence-electron chi connectivity index (χ3n) is 2.58. The van der Waals surface area contributed by atoms with Gasteiger partial charge < -0.3 is 0 Å². The second kappa shape index (κ2) is 9.33. The monoisotopic (exact) mass is 247 g/mol. The highest BCUT2D eigenvalue weighted by molar-refractivity contribution is 5.80. The van der Waals surface area contributed by atoms with Crippen LogP contribution in [0.1, 0.15) is 51.1 Å². The number of nitrogens with zero attached hydrogens (tertiary/aromatic N) is 2. The zero-order chi connectivity index (χ0) is 13.1. The van der Waals surface area contributed by atoms with E-state index >= 15 is 0 Å². The number of pyridine rings is 1. The van der Waals surface area contributed by atoms with E-state index in [4.69, 9.17) is 0 Å². The van der Waals surface area contributed by atoms with Gasteiger partial charge in [-0.2, -0.15) is 5.10 Å². The van der Waals surface area contributed by atoms with E-state index in [1.165, 1.54) is 19.3 Å². The van der Waals surface area contributed by atoms with Crippen LogP contribution in [0.2, 0.25) is 0 Å². The molecule has 0 saturated carbocycles. The molecule has 1 aromatic rings. The van der Waals surface area contributed by atoms with Crippen molar-refractivity contribution in [1.29, 1.82) is 0 Å². The predicted molar refractivity (Wildman–Crippen MR) is 73.3 cm³/mol. The number of aromatic nitrogens is 1. The van der Waals surface area contributed by atoms with Gasteiger partial charge in [-0.25, -0.2) is 5.43 Å². The summed E-state index contributed by atoms with van der Waals surface area (Å²) >= 11 is 0. The molecular formula is C14H21N3O. The van der Waals surface area contributed by atoms with Gasteiger partial charge in [0.2, 0.25) is 5.91 Å². The highest BCUT2D eigenvalue weighted by Crippen LogP contribution is 2.04. The van der Waals surface area contributed by atoms with Crippen LogP contribution in [0.4, 0.5) is 0 Å². The van der Waals surface area contributed by atoms with Gasteiger partial charge in [0.1, 0.15) is 0 Å². The molecule has 1 rings (SSSR count). The largest absolute Gasteiger partial charge is 0.273 e. The van der Waals surface area contributed by atoms with E-state index in [1.54, 1.807) is 12.4 Å². The maximum Gasteiger partial charge on any atom is 0.240 e. The number of rotatable bonds is 8. The van der Waals surface area contributed by atoms with Crippen molar-refractivity contribution < 1.29 is 4.79 Å². The number of unbranched alkanes of at least 4 members (excludes halogenated alkanes) is 4. The summed E-state index contributed by atoms with van der Waals surface area (Å²) in [6.07, 6.45) is 9.52. The second-order valence-corrected chi connectivity index (χ2v) is 4.21. The molecule has 0 bridgehead atoms. The summed E-state index contributed by atoms with van der Waals surface area (Å²) in [6.45, 7) is 2.18. The molecule has 1 N–H and O–H groups in total. The van der Waals surface area contributed by atoms with Gasteiger partial charge in [-0.1, -0.05) is 38.7 Å². The lowest BCUT2D eigenvalue weighted by molar-refractivity contribution is -0.121. The minimum atomic E-state index is -0.0290. The van der Waals surface area contributed by atoms with Crippen LogP contribution in [-0.4, -0.2) is 17.1 Å². The fourth-order valence-corrected chi connectivity index (χ4v) is 1.57. The van der Waals surface area contributed by atoms with Crippen molar-refractivity contribution in [3.8, 4) is 0 Å². The van der Waals surface area contributed by atoms with Gasteiger partial charge in [-0.05, 0) is 18.6 Å². The molecule has 4 heteroatoms. The maximum atomic E-state index is 11.4. The number of hydrazone groups is 1. The van der Waals surface area contributed by atoms with E-state index in [0.29, 0.717) is 6.42 Å². The molecule has 0 atom stereocenters. The van der Waals surface area contributed by atoms with Crippen LogP contribution in [0.15, 0.2) is 29.5 Å². The molecule has 0 fully saturated rings. The smallest absolute Gasteiger partial charge is 0.240 e. The molecule has 1 heterocycles. The summed E-state index contributed by atoms with van der Waals surface area (Å²) in [4.78, 5) is 15.5. The summed E-state index contributed by atoms with van der Waals surface area (Å²) in [7, 11) is 0. The van der Waals surface area contributed by atoms with Gasteiger partial charge >= 0.3 is 0 Å². The Bertz CT molecular complexity index is 363. The van der Waals surface area contributed by atoms with E-state index in [0.717, 1.165) is 18.5 Å². The van der Waals surface area contributed by atoms with Crippen molar-refractivity contribution >= 4 is 12.1 Å². The van der Waals surface area contributed by atoms with Crippen molar-refractivity contribution in [3.63, 3.8) is 0 Å². The average molecular weight is 247 g/mol. The van der Waals surface area contributed by atoms with Gasteiger partial charge in [0.15, 0.2) is 0 Å². The van der Waals surface area contributed by atoms with E-state index < -0.39 is 0 Å². The normalized spacial score (nSPS) is 10.7. The van der Waals surface area contributed by atoms with Crippen molar-refractivity contribution in [3.05, 3.63) is 30.1 Å². The van der Waals surface area contributed by atoms with Crippen LogP contribution in [-0.2, 0) is 4.79 Å². The number of carbonyl (C=O) groups excluding carboxylic acids is 1. The van der Waals surface area contributed by atoms with Crippen LogP contribution in [0.3, 0.4) is 0 Å². The van der Waals surface area contributed by atoms with Crippen molar-refractivity contribution in [2.75, 3.05) is 0 Å². The molecule has 0 aliphatic carbocycles. The third kappa shape index (κ3) is 6.78. The summed E-state index contributed by atoms with van der Waals surface area (Å²) in [5, 5.41) is 3.87. The quantitative estimate of drug-likeness (QED) is 0.436. The second-order valence-electron chi connectivity index (χ2n) is 4.21. The van der Waals surface area contributed by atoms with Crippen LogP contribution in [0.25, 0.3) is 0 Å². The average Bonchev–Trinajstić information content (AvgIpc) is 2.40. The Balaban J connectivity index is 2.11. The highest BCUT2D eigenvalue weighted by Gasteiger charge is 1.98. The minimum Gasteiger partial charge on any atom is -0.273 e. The molecule has 18 heavy (non-hydrogen) atoms. The molecule has 98 valence electrons. The first-order chi connectivity index (χ1) is 8.83. The Morgan fingerprint density at radius 1 is 1.33 bits per heavy atom. The molecule has 0 radical (unpaired) electrons. The molecule has 0 aliphatic heterocycles. The Labute approximate surface area is 109 Å². The first-order valence-corrected chi connectivity index (χ1v) is 6.56. The van der Waals surface area contributed by atoms with Gasteiger partial charge in [0.25, 0.3) is 0 Å². The van der Waals surface area contributed by atoms with E-state index in [2.05, 4.69) is 22.4 Å². The van der Waals surface area contributed by atoms with Crippen molar-refractivity contribution in [2.24, 2.45) is 5.10 Å². The van der Waals surface area contributed by atoms with Crippen LogP contribution < -0.4 is 5.43 Å². The number of amides is 1. The van der Waals surface area contributed by atoms with E-state index in [1.807, 2.05) is 18.2 Å². The summed E-state index contributed by atoms with van der Waals surface area (Å²) < 4.78 is 0. The SMILES string of the molecule is CCCCCCCC(=O)N/N=C\c1ccccn1. The lowest BCUT2D eigenvalue weighted by Gasteiger charge is -1.99. The number of nitrogens with one attached hydrogen (secondary N) is 1. The molecule has 1 amide bonds. The third-order valence-corrected chi connectivity index (χ3v) is 2.58. The van der Waals surface area contributed by atoms with E-state index in [-0.39, 0.29) is 5.91 Å². The van der Waals surface area contributed by atoms with Gasteiger partial charge in [0.05, 0.1) is 11.9 Å². The summed E-state index contributed by atoms with van der Waals surface area (Å²) in [5.41, 5.74) is 3.25. The molecule has 0 unspecified atom stereocenters. The topological polar surface area (TPSA) is 54.4 Å². The van der Waals surface area contributed by atoms with Gasteiger partial charge in [-0.15, -0.1) is 0 Å². The number of hydrogen-bond donors (Lipinski definition) is 1. The standard InChI is InChI=1S/C14H21N3O/c1-2-3-4-5-6-10-14(18)17-16-12-13-9-7-8-11-15-13/h7-9,11-12H,2-6,10H2,1H3,(H,17,18)/b16-12-. The number of hydrogen-bond acceptors (Lipinski definition) is 3. The van der Waals surface area contributed by atoms with Crippen LogP contribution in [0.5, 0.6) is 0 Å². The molecular weight excluding hydrogens is 226 g/mol. The lowest BCUT2D eigenvalue weighted by atomic mass is 10.1. The summed E-state index contributed by atoms with van der Waals surface area (Å²) in [5.74, 6) is -0.0290. The number of carbonyl (C=O) groups is 1. The molecule has 0 aromatic carbocycles. The minimum absolute atomic E-state index is 0.0290. The Morgan fingerprint density at radius 2 is 2.17 bits per heavy atom. The molecule has 1 aromatic heterocycles. The highest BCUT2D eigenvalue weighted by atomic mass is 16.2. The molecule has 0 spiro atoms. The Morgan fingerprint density at radius 3 is 2.89 bits per heavy atom. The molecule has 0 saturated heterocycles. The zero-order valence-corrected chi connectivity index (χ0v) is 10.9. The van der Waals surface area contributed by atoms with Crippen molar-refractivity contribution in [2.45, 2.75) is 45.4 Å². The lowest BCUT2D eigenvalue weighted by Crippen LogP contribution is -2.16. The Hall–Kier alpha value is -1.71. The molecule has 0 aliphatic rings. The predicted octanol–water partition coefficient (Wildman–Crippen LogP) is 2.89. The Kier molecular flexibility index (Phi) is 7.44. The van der Waals surface area contributed by atoms with Crippen molar-refractivity contribution in [1.82, 2.24) is 10.4 Å². The fourth-order valence-electron chi connectivity index (χ4n) is 1.57. The van der Waals surface area contributed by atoms with Crippen LogP contribution in [0, 0.1) is 0 Å². The molecule has 4 nitrogen and oxygen atoms in total. The summed E-state index contributed by atoms with van der Waals surface area (Å²) in [6, 6.07) is 5.55. The van der Waals surface area contributed by atoms with Gasteiger partial charge in [-0.3, -0.25) is 9.78 Å². The maximum absolute atomic E-state index is 11.4.